The number of carbonyl (C=O) groups excluding carboxylic acids is 1. The molecule has 5 nitrogen and oxygen atoms in total. The largest absolute Gasteiger partial charge is 0.368 e. The van der Waals surface area contributed by atoms with Crippen molar-refractivity contribution >= 4 is 40.7 Å². The van der Waals surface area contributed by atoms with Crippen LogP contribution in [0.4, 0.5) is 11.6 Å². The molecule has 1 heterocycles. The second kappa shape index (κ2) is 7.81. The van der Waals surface area contributed by atoms with E-state index >= 15 is 0 Å². The molecule has 126 valence electrons. The third kappa shape index (κ3) is 4.36. The zero-order valence-electron chi connectivity index (χ0n) is 13.1. The fraction of sp³-hybridized carbons (Fsp3) is 0.353. The summed E-state index contributed by atoms with van der Waals surface area (Å²) >= 11 is 12.0. The van der Waals surface area contributed by atoms with E-state index in [9.17, 15) is 4.79 Å². The van der Waals surface area contributed by atoms with Crippen molar-refractivity contribution in [2.45, 2.75) is 25.7 Å². The summed E-state index contributed by atoms with van der Waals surface area (Å²) in [5, 5.41) is 15.4. The summed E-state index contributed by atoms with van der Waals surface area (Å²) in [7, 11) is 0. The highest BCUT2D eigenvalue weighted by Crippen LogP contribution is 2.27. The minimum Gasteiger partial charge on any atom is -0.368 e. The molecule has 1 amide bonds. The summed E-state index contributed by atoms with van der Waals surface area (Å²) in [5.41, 5.74) is 1.02. The number of benzene rings is 1. The van der Waals surface area contributed by atoms with Crippen LogP contribution in [0.5, 0.6) is 0 Å². The molecule has 1 aromatic carbocycles. The molecule has 0 saturated heterocycles. The Morgan fingerprint density at radius 2 is 1.88 bits per heavy atom. The van der Waals surface area contributed by atoms with Gasteiger partial charge in [-0.25, -0.2) is 0 Å². The molecule has 24 heavy (non-hydrogen) atoms. The van der Waals surface area contributed by atoms with E-state index in [1.54, 1.807) is 18.2 Å². The smallest absolute Gasteiger partial charge is 0.228 e. The van der Waals surface area contributed by atoms with Crippen LogP contribution < -0.4 is 10.6 Å². The predicted molar refractivity (Wildman–Crippen MR) is 96.7 cm³/mol. The number of nitrogens with zero attached hydrogens (tertiary/aromatic N) is 2. The summed E-state index contributed by atoms with van der Waals surface area (Å²) in [6.45, 7) is 0.670. The highest BCUT2D eigenvalue weighted by molar-refractivity contribution is 6.35. The summed E-state index contributed by atoms with van der Waals surface area (Å²) in [5.74, 6) is 1.31. The van der Waals surface area contributed by atoms with Crippen molar-refractivity contribution in [2.24, 2.45) is 5.92 Å². The zero-order chi connectivity index (χ0) is 16.9. The van der Waals surface area contributed by atoms with Crippen LogP contribution in [-0.4, -0.2) is 22.6 Å². The van der Waals surface area contributed by atoms with Crippen molar-refractivity contribution in [2.75, 3.05) is 17.2 Å². The van der Waals surface area contributed by atoms with Crippen LogP contribution in [0.1, 0.15) is 24.8 Å². The highest BCUT2D eigenvalue weighted by atomic mass is 35.5. The molecule has 0 radical (unpaired) electrons. The maximum atomic E-state index is 11.8. The van der Waals surface area contributed by atoms with Crippen LogP contribution in [0.2, 0.25) is 10.0 Å². The van der Waals surface area contributed by atoms with Crippen molar-refractivity contribution in [3.8, 4) is 0 Å². The summed E-state index contributed by atoms with van der Waals surface area (Å²) in [6.07, 6.45) is 3.81. The zero-order valence-corrected chi connectivity index (χ0v) is 14.6. The van der Waals surface area contributed by atoms with Gasteiger partial charge in [-0.1, -0.05) is 35.7 Å². The maximum Gasteiger partial charge on any atom is 0.228 e. The van der Waals surface area contributed by atoms with Crippen molar-refractivity contribution in [1.29, 1.82) is 0 Å². The van der Waals surface area contributed by atoms with E-state index in [-0.39, 0.29) is 11.8 Å². The van der Waals surface area contributed by atoms with Gasteiger partial charge in [-0.2, -0.15) is 0 Å². The number of amides is 1. The van der Waals surface area contributed by atoms with E-state index in [1.807, 2.05) is 12.1 Å². The van der Waals surface area contributed by atoms with E-state index in [0.29, 0.717) is 28.2 Å². The molecule has 0 spiro atoms. The molecule has 3 rings (SSSR count). The van der Waals surface area contributed by atoms with Gasteiger partial charge in [-0.3, -0.25) is 4.79 Å². The van der Waals surface area contributed by atoms with Gasteiger partial charge in [0.05, 0.1) is 0 Å². The normalized spacial score (nSPS) is 14.1. The average molecular weight is 365 g/mol. The Kier molecular flexibility index (Phi) is 5.53. The summed E-state index contributed by atoms with van der Waals surface area (Å²) < 4.78 is 0. The Bertz CT molecular complexity index is 717. The molecule has 0 atom stereocenters. The van der Waals surface area contributed by atoms with E-state index < -0.39 is 0 Å². The van der Waals surface area contributed by atoms with Crippen LogP contribution in [0.3, 0.4) is 0 Å². The molecule has 2 N–H and O–H groups in total. The summed E-state index contributed by atoms with van der Waals surface area (Å²) in [6, 6.07) is 9.02. The number of rotatable bonds is 6. The van der Waals surface area contributed by atoms with Crippen LogP contribution in [0, 0.1) is 5.92 Å². The number of anilines is 2. The number of hydrogen-bond acceptors (Lipinski definition) is 4. The van der Waals surface area contributed by atoms with E-state index in [4.69, 9.17) is 23.2 Å². The van der Waals surface area contributed by atoms with Crippen molar-refractivity contribution < 1.29 is 4.79 Å². The molecule has 0 aliphatic heterocycles. The van der Waals surface area contributed by atoms with Crippen molar-refractivity contribution in [3.05, 3.63) is 45.9 Å². The molecular weight excluding hydrogens is 347 g/mol. The number of carbonyl (C=O) groups is 1. The van der Waals surface area contributed by atoms with E-state index in [2.05, 4.69) is 20.8 Å². The number of halogens is 2. The Morgan fingerprint density at radius 3 is 2.50 bits per heavy atom. The molecule has 1 saturated carbocycles. The number of hydrogen-bond donors (Lipinski definition) is 2. The van der Waals surface area contributed by atoms with Crippen molar-refractivity contribution in [3.63, 3.8) is 0 Å². The minimum absolute atomic E-state index is 0.0358. The van der Waals surface area contributed by atoms with Gasteiger partial charge < -0.3 is 10.6 Å². The lowest BCUT2D eigenvalue weighted by Crippen LogP contribution is -2.28. The second-order valence-corrected chi connectivity index (χ2v) is 6.68. The number of nitrogens with one attached hydrogen (secondary N) is 2. The third-order valence-electron chi connectivity index (χ3n) is 4.11. The monoisotopic (exact) mass is 364 g/mol. The van der Waals surface area contributed by atoms with Gasteiger partial charge in [0.25, 0.3) is 0 Å². The standard InChI is InChI=1S/C17H18Cl2N4O/c18-13-5-4-11(14(19)10-13)8-9-20-15-6-7-16(23-22-15)21-17(24)12-2-1-3-12/h4-7,10,12H,1-3,8-9H2,(H,20,22)(H,21,23,24). The first-order valence-electron chi connectivity index (χ1n) is 7.94. The molecule has 0 bridgehead atoms. The Balaban J connectivity index is 1.48. The van der Waals surface area contributed by atoms with Gasteiger partial charge in [-0.15, -0.1) is 10.2 Å². The van der Waals surface area contributed by atoms with Gasteiger partial charge in [0, 0.05) is 22.5 Å². The lowest BCUT2D eigenvalue weighted by Gasteiger charge is -2.23. The number of aromatic nitrogens is 2. The average Bonchev–Trinajstić information content (AvgIpc) is 2.49. The molecule has 1 fully saturated rings. The fourth-order valence-electron chi connectivity index (χ4n) is 2.44. The molecule has 0 unspecified atom stereocenters. The molecule has 1 aliphatic carbocycles. The third-order valence-corrected chi connectivity index (χ3v) is 4.69. The quantitative estimate of drug-likeness (QED) is 0.806. The van der Waals surface area contributed by atoms with E-state index in [1.165, 1.54) is 0 Å². The lowest BCUT2D eigenvalue weighted by atomic mass is 9.85. The predicted octanol–water partition coefficient (Wildman–Crippen LogP) is 4.18. The first kappa shape index (κ1) is 17.0. The fourth-order valence-corrected chi connectivity index (χ4v) is 2.94. The topological polar surface area (TPSA) is 66.9 Å². The second-order valence-electron chi connectivity index (χ2n) is 5.83. The van der Waals surface area contributed by atoms with E-state index in [0.717, 1.165) is 31.2 Å². The van der Waals surface area contributed by atoms with Gasteiger partial charge in [0.15, 0.2) is 5.82 Å². The molecule has 1 aromatic heterocycles. The first-order valence-corrected chi connectivity index (χ1v) is 8.70. The van der Waals surface area contributed by atoms with Crippen LogP contribution in [0.25, 0.3) is 0 Å². The highest BCUT2D eigenvalue weighted by Gasteiger charge is 2.25. The Labute approximate surface area is 150 Å². The van der Waals surface area contributed by atoms with Gasteiger partial charge in [0.1, 0.15) is 5.82 Å². The van der Waals surface area contributed by atoms with Crippen molar-refractivity contribution in [1.82, 2.24) is 10.2 Å². The summed E-state index contributed by atoms with van der Waals surface area (Å²) in [4.78, 5) is 11.8. The molecule has 2 aromatic rings. The van der Waals surface area contributed by atoms with Gasteiger partial charge >= 0.3 is 0 Å². The first-order chi connectivity index (χ1) is 11.6. The Morgan fingerprint density at radius 1 is 1.12 bits per heavy atom. The van der Waals surface area contributed by atoms with Gasteiger partial charge in [-0.05, 0) is 49.1 Å². The maximum absolute atomic E-state index is 11.8. The molecule has 1 aliphatic rings. The molecular formula is C17H18Cl2N4O. The van der Waals surface area contributed by atoms with Crippen LogP contribution in [0.15, 0.2) is 30.3 Å². The van der Waals surface area contributed by atoms with Crippen LogP contribution in [-0.2, 0) is 11.2 Å². The minimum atomic E-state index is 0.0358. The molecule has 7 heteroatoms. The Hall–Kier alpha value is -1.85. The van der Waals surface area contributed by atoms with Crippen LogP contribution >= 0.6 is 23.2 Å². The lowest BCUT2D eigenvalue weighted by molar-refractivity contribution is -0.122. The SMILES string of the molecule is O=C(Nc1ccc(NCCc2ccc(Cl)cc2Cl)nn1)C1CCC1. The van der Waals surface area contributed by atoms with Gasteiger partial charge in [0.2, 0.25) is 5.91 Å².